The Morgan fingerprint density at radius 3 is 2.58 bits per heavy atom. The molecule has 104 valence electrons. The molecule has 1 saturated heterocycles. The molecular formula is C14H21N3O2. The first-order chi connectivity index (χ1) is 9.01. The number of amides is 1. The highest BCUT2D eigenvalue weighted by Crippen LogP contribution is 2.18. The number of nitrogens with one attached hydrogen (secondary N) is 1. The maximum absolute atomic E-state index is 12.7. The number of aromatic nitrogens is 1. The molecule has 5 nitrogen and oxygen atoms in total. The second kappa shape index (κ2) is 5.57. The third-order valence-electron chi connectivity index (χ3n) is 3.59. The van der Waals surface area contributed by atoms with Gasteiger partial charge in [-0.25, -0.2) is 0 Å². The molecule has 1 aliphatic rings. The van der Waals surface area contributed by atoms with E-state index in [1.54, 1.807) is 17.0 Å². The van der Waals surface area contributed by atoms with Crippen molar-refractivity contribution < 1.29 is 4.79 Å². The third-order valence-corrected chi connectivity index (χ3v) is 3.59. The number of carbonyl (C=O) groups excluding carboxylic acids is 1. The molecule has 0 aliphatic carbocycles. The minimum atomic E-state index is -0.669. The van der Waals surface area contributed by atoms with Crippen LogP contribution in [0.3, 0.4) is 0 Å². The van der Waals surface area contributed by atoms with Crippen LogP contribution in [-0.2, 0) is 10.3 Å². The topological polar surface area (TPSA) is 54.3 Å². The Bertz CT molecular complexity index is 479. The molecule has 0 radical (unpaired) electrons. The fourth-order valence-corrected chi connectivity index (χ4v) is 2.33. The SMILES string of the molecule is CC(C)(C(=O)N1CCCNCC1)n1ccc(=O)cc1. The molecule has 0 atom stereocenters. The van der Waals surface area contributed by atoms with Gasteiger partial charge in [0, 0.05) is 44.2 Å². The zero-order valence-corrected chi connectivity index (χ0v) is 11.6. The summed E-state index contributed by atoms with van der Waals surface area (Å²) in [6, 6.07) is 2.97. The lowest BCUT2D eigenvalue weighted by Crippen LogP contribution is -2.48. The molecule has 0 unspecified atom stereocenters. The lowest BCUT2D eigenvalue weighted by molar-refractivity contribution is -0.139. The Balaban J connectivity index is 2.19. The van der Waals surface area contributed by atoms with Crippen LogP contribution in [0.5, 0.6) is 0 Å². The minimum absolute atomic E-state index is 0.0431. The number of nitrogens with zero attached hydrogens (tertiary/aromatic N) is 2. The van der Waals surface area contributed by atoms with E-state index in [-0.39, 0.29) is 11.3 Å². The Morgan fingerprint density at radius 2 is 1.89 bits per heavy atom. The summed E-state index contributed by atoms with van der Waals surface area (Å²) in [4.78, 5) is 25.7. The monoisotopic (exact) mass is 263 g/mol. The quantitative estimate of drug-likeness (QED) is 0.840. The fourth-order valence-electron chi connectivity index (χ4n) is 2.33. The molecule has 5 heteroatoms. The van der Waals surface area contributed by atoms with Crippen molar-refractivity contribution in [3.63, 3.8) is 0 Å². The van der Waals surface area contributed by atoms with E-state index in [1.807, 2.05) is 18.7 Å². The average Bonchev–Trinajstić information content (AvgIpc) is 2.67. The van der Waals surface area contributed by atoms with Crippen molar-refractivity contribution >= 4 is 5.91 Å². The summed E-state index contributed by atoms with van der Waals surface area (Å²) in [5.41, 5.74) is -0.712. The van der Waals surface area contributed by atoms with E-state index in [4.69, 9.17) is 0 Å². The van der Waals surface area contributed by atoms with E-state index in [9.17, 15) is 9.59 Å². The summed E-state index contributed by atoms with van der Waals surface area (Å²) >= 11 is 0. The normalized spacial score (nSPS) is 17.1. The van der Waals surface area contributed by atoms with Gasteiger partial charge in [-0.05, 0) is 26.8 Å². The zero-order chi connectivity index (χ0) is 13.9. The second-order valence-corrected chi connectivity index (χ2v) is 5.40. The number of rotatable bonds is 2. The first kappa shape index (κ1) is 13.8. The van der Waals surface area contributed by atoms with Gasteiger partial charge in [0.2, 0.25) is 5.91 Å². The molecule has 19 heavy (non-hydrogen) atoms. The van der Waals surface area contributed by atoms with E-state index >= 15 is 0 Å². The number of hydrogen-bond acceptors (Lipinski definition) is 3. The van der Waals surface area contributed by atoms with E-state index in [1.165, 1.54) is 12.1 Å². The molecule has 1 fully saturated rings. The molecule has 1 aliphatic heterocycles. The van der Waals surface area contributed by atoms with Gasteiger partial charge >= 0.3 is 0 Å². The minimum Gasteiger partial charge on any atom is -0.340 e. The number of pyridine rings is 1. The van der Waals surface area contributed by atoms with E-state index in [0.717, 1.165) is 32.6 Å². The highest BCUT2D eigenvalue weighted by molar-refractivity contribution is 5.83. The van der Waals surface area contributed by atoms with Gasteiger partial charge < -0.3 is 14.8 Å². The van der Waals surface area contributed by atoms with E-state index < -0.39 is 5.54 Å². The highest BCUT2D eigenvalue weighted by Gasteiger charge is 2.33. The van der Waals surface area contributed by atoms with Crippen LogP contribution in [0, 0.1) is 0 Å². The van der Waals surface area contributed by atoms with Crippen LogP contribution in [0.2, 0.25) is 0 Å². The summed E-state index contributed by atoms with van der Waals surface area (Å²) in [5.74, 6) is 0.0971. The summed E-state index contributed by atoms with van der Waals surface area (Å²) < 4.78 is 1.80. The van der Waals surface area contributed by atoms with Gasteiger partial charge in [-0.15, -0.1) is 0 Å². The van der Waals surface area contributed by atoms with Crippen molar-refractivity contribution in [2.45, 2.75) is 25.8 Å². The Labute approximate surface area is 113 Å². The molecule has 0 spiro atoms. The van der Waals surface area contributed by atoms with Gasteiger partial charge in [0.05, 0.1) is 0 Å². The van der Waals surface area contributed by atoms with Crippen molar-refractivity contribution in [1.82, 2.24) is 14.8 Å². The third kappa shape index (κ3) is 3.04. The lowest BCUT2D eigenvalue weighted by atomic mass is 10.0. The summed E-state index contributed by atoms with van der Waals surface area (Å²) in [5, 5.41) is 3.29. The highest BCUT2D eigenvalue weighted by atomic mass is 16.2. The Hall–Kier alpha value is -1.62. The maximum Gasteiger partial charge on any atom is 0.248 e. The molecule has 2 heterocycles. The molecular weight excluding hydrogens is 242 g/mol. The molecule has 1 N–H and O–H groups in total. The predicted octanol–water partition coefficient (Wildman–Crippen LogP) is 0.405. The van der Waals surface area contributed by atoms with Crippen molar-refractivity contribution in [1.29, 1.82) is 0 Å². The first-order valence-corrected chi connectivity index (χ1v) is 6.71. The van der Waals surface area contributed by atoms with Crippen LogP contribution in [0.1, 0.15) is 20.3 Å². The molecule has 0 bridgehead atoms. The molecule has 1 amide bonds. The predicted molar refractivity (Wildman–Crippen MR) is 74.1 cm³/mol. The second-order valence-electron chi connectivity index (χ2n) is 5.40. The van der Waals surface area contributed by atoms with Crippen molar-refractivity contribution in [3.05, 3.63) is 34.7 Å². The molecule has 1 aromatic heterocycles. The van der Waals surface area contributed by atoms with Gasteiger partial charge in [-0.1, -0.05) is 0 Å². The first-order valence-electron chi connectivity index (χ1n) is 6.71. The zero-order valence-electron chi connectivity index (χ0n) is 11.6. The maximum atomic E-state index is 12.7. The van der Waals surface area contributed by atoms with Crippen molar-refractivity contribution in [3.8, 4) is 0 Å². The molecule has 1 aromatic rings. The van der Waals surface area contributed by atoms with E-state index in [0.29, 0.717) is 0 Å². The van der Waals surface area contributed by atoms with Crippen LogP contribution in [0.15, 0.2) is 29.3 Å². The Morgan fingerprint density at radius 1 is 1.21 bits per heavy atom. The standard InChI is InChI=1S/C14H21N3O2/c1-14(2,17-9-4-12(18)5-10-17)13(19)16-8-3-6-15-7-11-16/h4-5,9-10,15H,3,6-8,11H2,1-2H3. The van der Waals surface area contributed by atoms with Crippen LogP contribution in [-0.4, -0.2) is 41.6 Å². The van der Waals surface area contributed by atoms with Crippen LogP contribution < -0.4 is 10.7 Å². The summed E-state index contributed by atoms with van der Waals surface area (Å²) in [6.45, 7) is 7.10. The molecule has 2 rings (SSSR count). The fraction of sp³-hybridized carbons (Fsp3) is 0.571. The largest absolute Gasteiger partial charge is 0.340 e. The van der Waals surface area contributed by atoms with Crippen LogP contribution >= 0.6 is 0 Å². The van der Waals surface area contributed by atoms with E-state index in [2.05, 4.69) is 5.32 Å². The van der Waals surface area contributed by atoms with Crippen LogP contribution in [0.25, 0.3) is 0 Å². The molecule has 0 aromatic carbocycles. The van der Waals surface area contributed by atoms with Crippen molar-refractivity contribution in [2.75, 3.05) is 26.2 Å². The van der Waals surface area contributed by atoms with Gasteiger partial charge in [0.1, 0.15) is 5.54 Å². The Kier molecular flexibility index (Phi) is 4.04. The van der Waals surface area contributed by atoms with Crippen LogP contribution in [0.4, 0.5) is 0 Å². The van der Waals surface area contributed by atoms with Gasteiger partial charge in [0.15, 0.2) is 5.43 Å². The van der Waals surface area contributed by atoms with Gasteiger partial charge in [-0.3, -0.25) is 9.59 Å². The van der Waals surface area contributed by atoms with Crippen molar-refractivity contribution in [2.24, 2.45) is 0 Å². The molecule has 0 saturated carbocycles. The lowest BCUT2D eigenvalue weighted by Gasteiger charge is -2.33. The number of hydrogen-bond donors (Lipinski definition) is 1. The average molecular weight is 263 g/mol. The van der Waals surface area contributed by atoms with Gasteiger partial charge in [-0.2, -0.15) is 0 Å². The summed E-state index contributed by atoms with van der Waals surface area (Å²) in [6.07, 6.45) is 4.33. The summed E-state index contributed by atoms with van der Waals surface area (Å²) in [7, 11) is 0. The smallest absolute Gasteiger partial charge is 0.248 e. The van der Waals surface area contributed by atoms with Gasteiger partial charge in [0.25, 0.3) is 0 Å². The number of carbonyl (C=O) groups is 1.